The van der Waals surface area contributed by atoms with Crippen LogP contribution in [0.5, 0.6) is 0 Å². The van der Waals surface area contributed by atoms with Gasteiger partial charge in [-0.3, -0.25) is 4.79 Å². The lowest BCUT2D eigenvalue weighted by atomic mass is 10.2. The first kappa shape index (κ1) is 15.2. The van der Waals surface area contributed by atoms with E-state index in [1.54, 1.807) is 45.0 Å². The van der Waals surface area contributed by atoms with Crippen LogP contribution in [0.4, 0.5) is 5.69 Å². The predicted octanol–water partition coefficient (Wildman–Crippen LogP) is 2.23. The third-order valence-electron chi connectivity index (χ3n) is 2.45. The maximum atomic E-state index is 11.6. The molecule has 104 valence electrons. The van der Waals surface area contributed by atoms with Crippen LogP contribution in [0.2, 0.25) is 0 Å². The Balaban J connectivity index is 2.66. The van der Waals surface area contributed by atoms with Crippen molar-refractivity contribution in [3.05, 3.63) is 29.8 Å². The van der Waals surface area contributed by atoms with Gasteiger partial charge in [0.2, 0.25) is 0 Å². The van der Waals surface area contributed by atoms with E-state index in [-0.39, 0.29) is 18.0 Å². The monoisotopic (exact) mass is 265 g/mol. The Kier molecular flexibility index (Phi) is 5.51. The number of benzene rings is 1. The van der Waals surface area contributed by atoms with Gasteiger partial charge >= 0.3 is 5.97 Å². The molecule has 19 heavy (non-hydrogen) atoms. The zero-order chi connectivity index (χ0) is 14.4. The van der Waals surface area contributed by atoms with Gasteiger partial charge < -0.3 is 14.8 Å². The molecule has 0 aliphatic heterocycles. The van der Waals surface area contributed by atoms with Crippen LogP contribution in [-0.2, 0) is 14.3 Å². The number of anilines is 1. The largest absolute Gasteiger partial charge is 0.459 e. The van der Waals surface area contributed by atoms with E-state index < -0.39 is 6.10 Å². The van der Waals surface area contributed by atoms with Crippen molar-refractivity contribution in [1.29, 1.82) is 0 Å². The molecule has 1 aromatic rings. The number of ether oxygens (including phenoxy) is 2. The molecule has 0 saturated carbocycles. The number of nitrogens with one attached hydrogen (secondary N) is 1. The molecule has 0 aliphatic carbocycles. The number of carbonyl (C=O) groups excluding carboxylic acids is 2. The van der Waals surface area contributed by atoms with Gasteiger partial charge in [0.15, 0.2) is 0 Å². The number of esters is 1. The number of amides is 1. The second-order valence-corrected chi connectivity index (χ2v) is 4.40. The minimum absolute atomic E-state index is 0.158. The normalized spacial score (nSPS) is 12.1. The molecule has 0 aromatic heterocycles. The van der Waals surface area contributed by atoms with Gasteiger partial charge in [0.1, 0.15) is 6.10 Å². The summed E-state index contributed by atoms with van der Waals surface area (Å²) in [5.74, 6) is -0.613. The van der Waals surface area contributed by atoms with Crippen LogP contribution < -0.4 is 5.32 Å². The number of carbonyl (C=O) groups is 2. The first-order valence-corrected chi connectivity index (χ1v) is 6.08. The van der Waals surface area contributed by atoms with Crippen LogP contribution in [-0.4, -0.2) is 31.2 Å². The summed E-state index contributed by atoms with van der Waals surface area (Å²) in [5.41, 5.74) is 1.06. The van der Waals surface area contributed by atoms with Gasteiger partial charge in [-0.05, 0) is 45.0 Å². The van der Waals surface area contributed by atoms with Crippen molar-refractivity contribution in [3.63, 3.8) is 0 Å². The average Bonchev–Trinajstić information content (AvgIpc) is 2.37. The third kappa shape index (κ3) is 4.71. The highest BCUT2D eigenvalue weighted by molar-refractivity contribution is 5.95. The Bertz CT molecular complexity index is 439. The van der Waals surface area contributed by atoms with Crippen LogP contribution in [0.3, 0.4) is 0 Å². The number of hydrogen-bond acceptors (Lipinski definition) is 4. The molecule has 1 unspecified atom stereocenters. The van der Waals surface area contributed by atoms with E-state index in [4.69, 9.17) is 9.47 Å². The fourth-order valence-corrected chi connectivity index (χ4v) is 1.32. The van der Waals surface area contributed by atoms with E-state index in [9.17, 15) is 9.59 Å². The molecular formula is C14H19NO4. The Morgan fingerprint density at radius 3 is 2.16 bits per heavy atom. The molecule has 1 amide bonds. The molecule has 0 radical (unpaired) electrons. The molecule has 0 saturated heterocycles. The lowest BCUT2D eigenvalue weighted by Crippen LogP contribution is -2.26. The lowest BCUT2D eigenvalue weighted by Gasteiger charge is -2.11. The molecule has 0 aliphatic rings. The lowest BCUT2D eigenvalue weighted by molar-refractivity contribution is -0.124. The van der Waals surface area contributed by atoms with Crippen LogP contribution >= 0.6 is 0 Å². The van der Waals surface area contributed by atoms with Gasteiger partial charge in [0.25, 0.3) is 5.91 Å². The van der Waals surface area contributed by atoms with Crippen LogP contribution in [0.1, 0.15) is 31.1 Å². The molecular weight excluding hydrogens is 246 g/mol. The number of rotatable bonds is 5. The van der Waals surface area contributed by atoms with Crippen molar-refractivity contribution < 1.29 is 19.1 Å². The van der Waals surface area contributed by atoms with E-state index in [0.29, 0.717) is 11.3 Å². The molecule has 0 heterocycles. The Hall–Kier alpha value is -1.88. The summed E-state index contributed by atoms with van der Waals surface area (Å²) in [6, 6.07) is 6.52. The SMILES string of the molecule is COC(C)C(=O)Nc1ccc(C(=O)OC(C)C)cc1. The van der Waals surface area contributed by atoms with Gasteiger partial charge in [-0.25, -0.2) is 4.79 Å². The first-order chi connectivity index (χ1) is 8.93. The predicted molar refractivity (Wildman–Crippen MR) is 72.1 cm³/mol. The van der Waals surface area contributed by atoms with E-state index in [1.807, 2.05) is 0 Å². The van der Waals surface area contributed by atoms with E-state index in [2.05, 4.69) is 5.32 Å². The topological polar surface area (TPSA) is 64.6 Å². The summed E-state index contributed by atoms with van der Waals surface area (Å²) in [4.78, 5) is 23.2. The minimum atomic E-state index is -0.523. The van der Waals surface area contributed by atoms with Crippen molar-refractivity contribution in [2.75, 3.05) is 12.4 Å². The van der Waals surface area contributed by atoms with Crippen LogP contribution in [0, 0.1) is 0 Å². The Morgan fingerprint density at radius 2 is 1.68 bits per heavy atom. The molecule has 1 rings (SSSR count). The molecule has 0 spiro atoms. The quantitative estimate of drug-likeness (QED) is 0.829. The highest BCUT2D eigenvalue weighted by Gasteiger charge is 2.12. The van der Waals surface area contributed by atoms with Crippen molar-refractivity contribution in [2.24, 2.45) is 0 Å². The van der Waals surface area contributed by atoms with Crippen molar-refractivity contribution in [1.82, 2.24) is 0 Å². The molecule has 0 bridgehead atoms. The summed E-state index contributed by atoms with van der Waals surface area (Å²) >= 11 is 0. The van der Waals surface area contributed by atoms with Gasteiger partial charge in [-0.2, -0.15) is 0 Å². The molecule has 5 heteroatoms. The molecule has 5 nitrogen and oxygen atoms in total. The summed E-state index contributed by atoms with van der Waals surface area (Å²) in [7, 11) is 1.47. The third-order valence-corrected chi connectivity index (χ3v) is 2.45. The second kappa shape index (κ2) is 6.89. The van der Waals surface area contributed by atoms with Crippen LogP contribution in [0.15, 0.2) is 24.3 Å². The standard InChI is InChI=1S/C14H19NO4/c1-9(2)19-14(17)11-5-7-12(8-6-11)15-13(16)10(3)18-4/h5-10H,1-4H3,(H,15,16). The highest BCUT2D eigenvalue weighted by atomic mass is 16.5. The fourth-order valence-electron chi connectivity index (χ4n) is 1.32. The molecule has 1 N–H and O–H groups in total. The summed E-state index contributed by atoms with van der Waals surface area (Å²) in [5, 5.41) is 2.68. The van der Waals surface area contributed by atoms with E-state index in [1.165, 1.54) is 7.11 Å². The van der Waals surface area contributed by atoms with E-state index in [0.717, 1.165) is 0 Å². The summed E-state index contributed by atoms with van der Waals surface area (Å²) in [6.07, 6.45) is -0.681. The summed E-state index contributed by atoms with van der Waals surface area (Å²) in [6.45, 7) is 5.24. The average molecular weight is 265 g/mol. The molecule has 1 atom stereocenters. The molecule has 1 aromatic carbocycles. The highest BCUT2D eigenvalue weighted by Crippen LogP contribution is 2.12. The Morgan fingerprint density at radius 1 is 1.11 bits per heavy atom. The Labute approximate surface area is 112 Å². The van der Waals surface area contributed by atoms with Crippen molar-refractivity contribution in [2.45, 2.75) is 33.0 Å². The van der Waals surface area contributed by atoms with Gasteiger partial charge in [0.05, 0.1) is 11.7 Å². The smallest absolute Gasteiger partial charge is 0.338 e. The summed E-state index contributed by atoms with van der Waals surface area (Å²) < 4.78 is 9.97. The molecule has 0 fully saturated rings. The van der Waals surface area contributed by atoms with Crippen molar-refractivity contribution >= 4 is 17.6 Å². The zero-order valence-corrected chi connectivity index (χ0v) is 11.6. The van der Waals surface area contributed by atoms with Gasteiger partial charge in [-0.1, -0.05) is 0 Å². The second-order valence-electron chi connectivity index (χ2n) is 4.40. The number of hydrogen-bond donors (Lipinski definition) is 1. The van der Waals surface area contributed by atoms with Crippen LogP contribution in [0.25, 0.3) is 0 Å². The van der Waals surface area contributed by atoms with Gasteiger partial charge in [0, 0.05) is 12.8 Å². The zero-order valence-electron chi connectivity index (χ0n) is 11.6. The van der Waals surface area contributed by atoms with Gasteiger partial charge in [-0.15, -0.1) is 0 Å². The minimum Gasteiger partial charge on any atom is -0.459 e. The van der Waals surface area contributed by atoms with Crippen molar-refractivity contribution in [3.8, 4) is 0 Å². The maximum absolute atomic E-state index is 11.6. The number of methoxy groups -OCH3 is 1. The maximum Gasteiger partial charge on any atom is 0.338 e. The first-order valence-electron chi connectivity index (χ1n) is 6.08. The van der Waals surface area contributed by atoms with E-state index >= 15 is 0 Å². The fraction of sp³-hybridized carbons (Fsp3) is 0.429.